The van der Waals surface area contributed by atoms with Crippen molar-refractivity contribution in [3.05, 3.63) is 108 Å². The molecular weight excluding hydrogens is 495 g/mol. The van der Waals surface area contributed by atoms with Gasteiger partial charge in [0.15, 0.2) is 0 Å². The van der Waals surface area contributed by atoms with E-state index in [1.54, 1.807) is 47.3 Å². The summed E-state index contributed by atoms with van der Waals surface area (Å²) in [5, 5.41) is 17.3. The highest BCUT2D eigenvalue weighted by Crippen LogP contribution is 2.28. The molecule has 1 atom stereocenters. The van der Waals surface area contributed by atoms with Gasteiger partial charge in [-0.1, -0.05) is 36.4 Å². The zero-order valence-corrected chi connectivity index (χ0v) is 21.2. The predicted octanol–water partition coefficient (Wildman–Crippen LogP) is 5.46. The monoisotopic (exact) mass is 522 g/mol. The highest BCUT2D eigenvalue weighted by molar-refractivity contribution is 6.02. The Kier molecular flexibility index (Phi) is 8.10. The minimum Gasteiger partial charge on any atom is -0.489 e. The van der Waals surface area contributed by atoms with E-state index in [-0.39, 0.29) is 24.1 Å². The molecule has 196 valence electrons. The maximum Gasteiger partial charge on any atom is 0.262 e. The third-order valence-electron chi connectivity index (χ3n) is 6.42. The Morgan fingerprint density at radius 2 is 1.90 bits per heavy atom. The normalized spacial score (nSPS) is 15.1. The Morgan fingerprint density at radius 1 is 1.13 bits per heavy atom. The number of para-hydroxylation sites is 1. The predicted molar refractivity (Wildman–Crippen MR) is 145 cm³/mol. The van der Waals surface area contributed by atoms with Gasteiger partial charge in [0.1, 0.15) is 29.8 Å². The van der Waals surface area contributed by atoms with E-state index < -0.39 is 5.91 Å². The number of carbonyl (C=O) groups is 1. The summed E-state index contributed by atoms with van der Waals surface area (Å²) < 4.78 is 27.0. The largest absolute Gasteiger partial charge is 0.489 e. The van der Waals surface area contributed by atoms with Crippen LogP contribution in [0.25, 0.3) is 23.0 Å². The van der Waals surface area contributed by atoms with Crippen LogP contribution < -0.4 is 10.1 Å². The van der Waals surface area contributed by atoms with E-state index in [2.05, 4.69) is 5.32 Å². The molecule has 1 amide bonds. The molecule has 0 bridgehead atoms. The number of nitriles is 1. The molecule has 2 heterocycles. The Bertz CT molecular complexity index is 1500. The number of halogens is 1. The molecule has 1 saturated heterocycles. The van der Waals surface area contributed by atoms with Crippen molar-refractivity contribution in [2.45, 2.75) is 25.6 Å². The molecule has 7 nitrogen and oxygen atoms in total. The molecule has 1 fully saturated rings. The molecule has 5 rings (SSSR count). The molecule has 1 aliphatic rings. The number of hydrogen-bond acceptors (Lipinski definition) is 5. The number of rotatable bonds is 9. The molecule has 4 aromatic rings. The molecule has 8 heteroatoms. The van der Waals surface area contributed by atoms with Gasteiger partial charge in [-0.25, -0.2) is 9.07 Å². The third-order valence-corrected chi connectivity index (χ3v) is 6.42. The van der Waals surface area contributed by atoms with Gasteiger partial charge in [0.05, 0.1) is 17.5 Å². The highest BCUT2D eigenvalue weighted by Gasteiger charge is 2.19. The van der Waals surface area contributed by atoms with Crippen LogP contribution in [0.1, 0.15) is 24.0 Å². The van der Waals surface area contributed by atoms with Crippen LogP contribution in [0, 0.1) is 17.1 Å². The summed E-state index contributed by atoms with van der Waals surface area (Å²) in [6, 6.07) is 25.3. The van der Waals surface area contributed by atoms with E-state index in [1.807, 2.05) is 48.5 Å². The fraction of sp³-hybridized carbons (Fsp3) is 0.194. The van der Waals surface area contributed by atoms with Crippen LogP contribution in [-0.4, -0.2) is 34.9 Å². The summed E-state index contributed by atoms with van der Waals surface area (Å²) in [6.07, 6.45) is 5.17. The topological polar surface area (TPSA) is 89.2 Å². The van der Waals surface area contributed by atoms with Crippen LogP contribution in [0.4, 0.5) is 4.39 Å². The minimum absolute atomic E-state index is 0.0216. The summed E-state index contributed by atoms with van der Waals surface area (Å²) in [6.45, 7) is 1.16. The van der Waals surface area contributed by atoms with Gasteiger partial charge in [-0.05, 0) is 61.4 Å². The van der Waals surface area contributed by atoms with Crippen molar-refractivity contribution in [3.8, 4) is 28.8 Å². The van der Waals surface area contributed by atoms with E-state index in [1.165, 1.54) is 6.07 Å². The van der Waals surface area contributed by atoms with Crippen molar-refractivity contribution in [2.24, 2.45) is 0 Å². The van der Waals surface area contributed by atoms with Crippen LogP contribution in [-0.2, 0) is 16.1 Å². The van der Waals surface area contributed by atoms with Gasteiger partial charge in [-0.2, -0.15) is 10.4 Å². The first-order chi connectivity index (χ1) is 19.1. The zero-order chi connectivity index (χ0) is 27.0. The SMILES string of the molecule is N#CC(=Cc1cn(-c2ccccc2)nc1-c1ccc(OCc2ccccc2F)cc1)C(=O)NCC1CCCO1. The van der Waals surface area contributed by atoms with Crippen LogP contribution in [0.3, 0.4) is 0 Å². The molecule has 1 aliphatic heterocycles. The first kappa shape index (κ1) is 25.9. The number of benzene rings is 3. The lowest BCUT2D eigenvalue weighted by Crippen LogP contribution is -2.32. The van der Waals surface area contributed by atoms with Crippen molar-refractivity contribution in [1.29, 1.82) is 5.26 Å². The summed E-state index contributed by atoms with van der Waals surface area (Å²) in [7, 11) is 0. The second-order valence-corrected chi connectivity index (χ2v) is 9.13. The molecule has 3 aromatic carbocycles. The van der Waals surface area contributed by atoms with Crippen molar-refractivity contribution >= 4 is 12.0 Å². The molecule has 1 aromatic heterocycles. The number of aromatic nitrogens is 2. The van der Waals surface area contributed by atoms with Crippen molar-refractivity contribution in [3.63, 3.8) is 0 Å². The average Bonchev–Trinajstić information content (AvgIpc) is 3.65. The maximum absolute atomic E-state index is 13.9. The highest BCUT2D eigenvalue weighted by atomic mass is 19.1. The molecule has 1 N–H and O–H groups in total. The Morgan fingerprint density at radius 3 is 2.62 bits per heavy atom. The quantitative estimate of drug-likeness (QED) is 0.233. The number of nitrogens with zero attached hydrogens (tertiary/aromatic N) is 3. The Balaban J connectivity index is 1.40. The molecular formula is C31H27FN4O3. The van der Waals surface area contributed by atoms with Gasteiger partial charge in [-0.15, -0.1) is 0 Å². The van der Waals surface area contributed by atoms with E-state index in [9.17, 15) is 14.4 Å². The average molecular weight is 523 g/mol. The number of carbonyl (C=O) groups excluding carboxylic acids is 1. The maximum atomic E-state index is 13.9. The number of amides is 1. The van der Waals surface area contributed by atoms with Gasteiger partial charge in [0, 0.05) is 36.0 Å². The molecule has 0 saturated carbocycles. The number of hydrogen-bond donors (Lipinski definition) is 1. The number of nitrogens with one attached hydrogen (secondary N) is 1. The van der Waals surface area contributed by atoms with Gasteiger partial charge < -0.3 is 14.8 Å². The molecule has 1 unspecified atom stereocenters. The summed E-state index contributed by atoms with van der Waals surface area (Å²) in [4.78, 5) is 12.8. The Hall–Kier alpha value is -4.74. The number of ether oxygens (including phenoxy) is 2. The van der Waals surface area contributed by atoms with Crippen molar-refractivity contribution in [2.75, 3.05) is 13.2 Å². The van der Waals surface area contributed by atoms with Gasteiger partial charge in [-0.3, -0.25) is 4.79 Å². The van der Waals surface area contributed by atoms with Crippen LogP contribution in [0.15, 0.2) is 90.6 Å². The van der Waals surface area contributed by atoms with E-state index >= 15 is 0 Å². The van der Waals surface area contributed by atoms with E-state index in [4.69, 9.17) is 14.6 Å². The Labute approximate surface area is 226 Å². The molecule has 0 radical (unpaired) electrons. The fourth-order valence-electron chi connectivity index (χ4n) is 4.33. The van der Waals surface area contributed by atoms with E-state index in [0.29, 0.717) is 35.7 Å². The van der Waals surface area contributed by atoms with Crippen molar-refractivity contribution in [1.82, 2.24) is 15.1 Å². The summed E-state index contributed by atoms with van der Waals surface area (Å²) in [5.41, 5.74) is 3.27. The zero-order valence-electron chi connectivity index (χ0n) is 21.2. The third kappa shape index (κ3) is 6.40. The lowest BCUT2D eigenvalue weighted by Gasteiger charge is -2.10. The first-order valence-corrected chi connectivity index (χ1v) is 12.7. The minimum atomic E-state index is -0.455. The van der Waals surface area contributed by atoms with Crippen molar-refractivity contribution < 1.29 is 18.7 Å². The fourth-order valence-corrected chi connectivity index (χ4v) is 4.33. The summed E-state index contributed by atoms with van der Waals surface area (Å²) in [5.74, 6) is -0.193. The first-order valence-electron chi connectivity index (χ1n) is 12.7. The summed E-state index contributed by atoms with van der Waals surface area (Å²) >= 11 is 0. The van der Waals surface area contributed by atoms with Crippen LogP contribution >= 0.6 is 0 Å². The standard InChI is InChI=1S/C31H27FN4O3/c32-29-11-5-4-7-23(29)21-39-27-14-12-22(13-15-27)30-25(20-36(35-30)26-8-2-1-3-9-26)17-24(18-33)31(37)34-19-28-10-6-16-38-28/h1-5,7-9,11-15,17,20,28H,6,10,16,19,21H2,(H,34,37). The van der Waals surface area contributed by atoms with Crippen LogP contribution in [0.5, 0.6) is 5.75 Å². The molecule has 0 spiro atoms. The lowest BCUT2D eigenvalue weighted by atomic mass is 10.1. The van der Waals surface area contributed by atoms with Crippen LogP contribution in [0.2, 0.25) is 0 Å². The van der Waals surface area contributed by atoms with Gasteiger partial charge in [0.2, 0.25) is 0 Å². The molecule has 0 aliphatic carbocycles. The second-order valence-electron chi connectivity index (χ2n) is 9.13. The van der Waals surface area contributed by atoms with Gasteiger partial charge in [0.25, 0.3) is 5.91 Å². The lowest BCUT2D eigenvalue weighted by molar-refractivity contribution is -0.117. The molecule has 39 heavy (non-hydrogen) atoms. The van der Waals surface area contributed by atoms with E-state index in [0.717, 1.165) is 24.1 Å². The smallest absolute Gasteiger partial charge is 0.262 e. The van der Waals surface area contributed by atoms with Gasteiger partial charge >= 0.3 is 0 Å². The second kappa shape index (κ2) is 12.2.